The molecule has 0 aromatic heterocycles. The van der Waals surface area contributed by atoms with E-state index >= 15 is 0 Å². The fourth-order valence-corrected chi connectivity index (χ4v) is 2.58. The van der Waals surface area contributed by atoms with Gasteiger partial charge in [-0.1, -0.05) is 19.3 Å². The van der Waals surface area contributed by atoms with Gasteiger partial charge in [-0.3, -0.25) is 0 Å². The number of fused-ring (bicyclic) bond motifs is 2. The summed E-state index contributed by atoms with van der Waals surface area (Å²) in [4.78, 5) is 0. The number of hydrogen-bond donors (Lipinski definition) is 1. The number of hydrogen-bond acceptors (Lipinski definition) is 1. The third kappa shape index (κ3) is 1.07. The first-order valence-corrected chi connectivity index (χ1v) is 4.54. The van der Waals surface area contributed by atoms with Crippen molar-refractivity contribution in [2.75, 3.05) is 0 Å². The van der Waals surface area contributed by atoms with Gasteiger partial charge >= 0.3 is 0 Å². The van der Waals surface area contributed by atoms with Gasteiger partial charge in [0.2, 0.25) is 0 Å². The van der Waals surface area contributed by atoms with E-state index in [-0.39, 0.29) is 6.10 Å². The molecule has 0 radical (unpaired) electrons. The molecule has 0 aromatic carbocycles. The second kappa shape index (κ2) is 2.54. The Kier molecular flexibility index (Phi) is 1.69. The fourth-order valence-electron chi connectivity index (χ4n) is 2.58. The molecule has 1 N–H and O–H groups in total. The molecule has 2 fully saturated rings. The minimum Gasteiger partial charge on any atom is -0.393 e. The lowest BCUT2D eigenvalue weighted by Gasteiger charge is -2.14. The summed E-state index contributed by atoms with van der Waals surface area (Å²) >= 11 is 0. The Morgan fingerprint density at radius 3 is 2.80 bits per heavy atom. The largest absolute Gasteiger partial charge is 0.393 e. The topological polar surface area (TPSA) is 20.2 Å². The Labute approximate surface area is 62.4 Å². The summed E-state index contributed by atoms with van der Waals surface area (Å²) < 4.78 is 0. The molecule has 0 saturated heterocycles. The van der Waals surface area contributed by atoms with E-state index in [1.54, 1.807) is 0 Å². The van der Waals surface area contributed by atoms with Crippen LogP contribution in [0.2, 0.25) is 0 Å². The van der Waals surface area contributed by atoms with Gasteiger partial charge in [0, 0.05) is 0 Å². The maximum atomic E-state index is 9.58. The number of aliphatic hydroxyl groups excluding tert-OH is 1. The molecule has 3 atom stereocenters. The quantitative estimate of drug-likeness (QED) is 0.545. The van der Waals surface area contributed by atoms with Crippen LogP contribution in [0.5, 0.6) is 0 Å². The Morgan fingerprint density at radius 1 is 1.00 bits per heavy atom. The van der Waals surface area contributed by atoms with E-state index in [0.717, 1.165) is 12.3 Å². The van der Waals surface area contributed by atoms with Crippen LogP contribution in [-0.4, -0.2) is 11.2 Å². The molecule has 0 amide bonds. The summed E-state index contributed by atoms with van der Waals surface area (Å²) in [7, 11) is 0. The normalized spacial score (nSPS) is 47.1. The Morgan fingerprint density at radius 2 is 1.90 bits per heavy atom. The first-order valence-electron chi connectivity index (χ1n) is 4.54. The molecule has 0 spiro atoms. The second-order valence-corrected chi connectivity index (χ2v) is 3.94. The Hall–Kier alpha value is -0.0400. The van der Waals surface area contributed by atoms with E-state index in [1.165, 1.54) is 32.1 Å². The maximum absolute atomic E-state index is 9.58. The SMILES string of the molecule is O[C@@H]1CCC[C@H]2CC[C@H]1C2. The van der Waals surface area contributed by atoms with Gasteiger partial charge in [-0.05, 0) is 31.1 Å². The molecule has 2 bridgehead atoms. The van der Waals surface area contributed by atoms with Gasteiger partial charge in [0.05, 0.1) is 6.10 Å². The van der Waals surface area contributed by atoms with Crippen molar-refractivity contribution in [1.29, 1.82) is 0 Å². The smallest absolute Gasteiger partial charge is 0.0568 e. The average molecular weight is 140 g/mol. The lowest BCUT2D eigenvalue weighted by Crippen LogP contribution is -2.15. The van der Waals surface area contributed by atoms with Crippen molar-refractivity contribution < 1.29 is 5.11 Å². The van der Waals surface area contributed by atoms with Crippen molar-refractivity contribution >= 4 is 0 Å². The summed E-state index contributed by atoms with van der Waals surface area (Å²) in [5.74, 6) is 1.65. The van der Waals surface area contributed by atoms with Gasteiger partial charge in [0.25, 0.3) is 0 Å². The van der Waals surface area contributed by atoms with Crippen LogP contribution < -0.4 is 0 Å². The number of aliphatic hydroxyl groups is 1. The fraction of sp³-hybridized carbons (Fsp3) is 1.00. The number of rotatable bonds is 0. The van der Waals surface area contributed by atoms with Gasteiger partial charge in [0.1, 0.15) is 0 Å². The monoisotopic (exact) mass is 140 g/mol. The van der Waals surface area contributed by atoms with Crippen molar-refractivity contribution in [3.05, 3.63) is 0 Å². The zero-order valence-corrected chi connectivity index (χ0v) is 6.42. The van der Waals surface area contributed by atoms with E-state index in [4.69, 9.17) is 0 Å². The van der Waals surface area contributed by atoms with Crippen molar-refractivity contribution in [3.8, 4) is 0 Å². The van der Waals surface area contributed by atoms with E-state index < -0.39 is 0 Å². The lowest BCUT2D eigenvalue weighted by molar-refractivity contribution is 0.104. The van der Waals surface area contributed by atoms with Gasteiger partial charge < -0.3 is 5.11 Å². The van der Waals surface area contributed by atoms with Crippen LogP contribution in [0, 0.1) is 11.8 Å². The highest BCUT2D eigenvalue weighted by Crippen LogP contribution is 2.40. The molecule has 0 heterocycles. The van der Waals surface area contributed by atoms with E-state index in [0.29, 0.717) is 5.92 Å². The van der Waals surface area contributed by atoms with E-state index in [9.17, 15) is 5.11 Å². The van der Waals surface area contributed by atoms with Crippen molar-refractivity contribution in [2.45, 2.75) is 44.6 Å². The summed E-state index contributed by atoms with van der Waals surface area (Å²) in [6, 6.07) is 0. The second-order valence-electron chi connectivity index (χ2n) is 3.94. The standard InChI is InChI=1S/C9H16O/c10-9-3-1-2-7-4-5-8(9)6-7/h7-10H,1-6H2/t7-,8-,9+/m0/s1. The zero-order valence-electron chi connectivity index (χ0n) is 6.42. The van der Waals surface area contributed by atoms with Gasteiger partial charge in [0.15, 0.2) is 0 Å². The predicted molar refractivity (Wildman–Crippen MR) is 40.7 cm³/mol. The lowest BCUT2D eigenvalue weighted by atomic mass is 9.98. The molecule has 0 aromatic rings. The van der Waals surface area contributed by atoms with Crippen molar-refractivity contribution in [2.24, 2.45) is 11.8 Å². The van der Waals surface area contributed by atoms with Crippen LogP contribution in [0.25, 0.3) is 0 Å². The highest BCUT2D eigenvalue weighted by atomic mass is 16.3. The molecule has 2 saturated carbocycles. The predicted octanol–water partition coefficient (Wildman–Crippen LogP) is 1.95. The Balaban J connectivity index is 2.03. The van der Waals surface area contributed by atoms with Crippen molar-refractivity contribution in [1.82, 2.24) is 0 Å². The molecule has 1 heteroatoms. The van der Waals surface area contributed by atoms with Crippen LogP contribution in [-0.2, 0) is 0 Å². The molecule has 2 aliphatic carbocycles. The highest BCUT2D eigenvalue weighted by molar-refractivity contribution is 4.83. The summed E-state index contributed by atoms with van der Waals surface area (Å²) in [5, 5.41) is 9.58. The third-order valence-electron chi connectivity index (χ3n) is 3.24. The molecule has 2 rings (SSSR count). The first kappa shape index (κ1) is 6.66. The highest BCUT2D eigenvalue weighted by Gasteiger charge is 2.31. The molecule has 1 nitrogen and oxygen atoms in total. The van der Waals surface area contributed by atoms with Crippen molar-refractivity contribution in [3.63, 3.8) is 0 Å². The zero-order chi connectivity index (χ0) is 6.97. The van der Waals surface area contributed by atoms with Gasteiger partial charge in [-0.25, -0.2) is 0 Å². The van der Waals surface area contributed by atoms with Crippen LogP contribution >= 0.6 is 0 Å². The first-order chi connectivity index (χ1) is 4.86. The Bertz CT molecular complexity index is 122. The van der Waals surface area contributed by atoms with Crippen LogP contribution in [0.3, 0.4) is 0 Å². The molecule has 2 aliphatic rings. The maximum Gasteiger partial charge on any atom is 0.0568 e. The average Bonchev–Trinajstić information content (AvgIpc) is 2.27. The van der Waals surface area contributed by atoms with Crippen LogP contribution in [0.4, 0.5) is 0 Å². The summed E-state index contributed by atoms with van der Waals surface area (Å²) in [6.45, 7) is 0. The van der Waals surface area contributed by atoms with E-state index in [1.807, 2.05) is 0 Å². The minimum atomic E-state index is 0.0486. The third-order valence-corrected chi connectivity index (χ3v) is 3.24. The van der Waals surface area contributed by atoms with Gasteiger partial charge in [-0.2, -0.15) is 0 Å². The summed E-state index contributed by atoms with van der Waals surface area (Å²) in [6.07, 6.45) is 7.78. The van der Waals surface area contributed by atoms with Crippen LogP contribution in [0.1, 0.15) is 38.5 Å². The van der Waals surface area contributed by atoms with E-state index in [2.05, 4.69) is 0 Å². The molecule has 0 aliphatic heterocycles. The molecule has 0 unspecified atom stereocenters. The molecule has 10 heavy (non-hydrogen) atoms. The molecular formula is C9H16O. The molecule has 58 valence electrons. The molecular weight excluding hydrogens is 124 g/mol. The summed E-state index contributed by atoms with van der Waals surface area (Å²) in [5.41, 5.74) is 0. The van der Waals surface area contributed by atoms with Gasteiger partial charge in [-0.15, -0.1) is 0 Å². The van der Waals surface area contributed by atoms with Crippen LogP contribution in [0.15, 0.2) is 0 Å². The minimum absolute atomic E-state index is 0.0486.